The van der Waals surface area contributed by atoms with Gasteiger partial charge in [0.1, 0.15) is 10.8 Å². The highest BCUT2D eigenvalue weighted by atomic mass is 32.1. The Labute approximate surface area is 155 Å². The number of aromatic nitrogens is 1. The first-order chi connectivity index (χ1) is 12.1. The van der Waals surface area contributed by atoms with Crippen molar-refractivity contribution in [3.8, 4) is 0 Å². The van der Waals surface area contributed by atoms with Crippen LogP contribution >= 0.6 is 23.6 Å². The highest BCUT2D eigenvalue weighted by molar-refractivity contribution is 7.80. The summed E-state index contributed by atoms with van der Waals surface area (Å²) in [6.07, 6.45) is 5.34. The SMILES string of the molecule is CCOC(=O)c1c(NC(=S)Nc2cc(C)on2)sc2c1CCCCC2. The molecule has 0 bridgehead atoms. The summed E-state index contributed by atoms with van der Waals surface area (Å²) in [6.45, 7) is 3.97. The Balaban J connectivity index is 1.84. The van der Waals surface area contributed by atoms with Crippen LogP contribution in [0.3, 0.4) is 0 Å². The van der Waals surface area contributed by atoms with Crippen molar-refractivity contribution in [3.63, 3.8) is 0 Å². The zero-order chi connectivity index (χ0) is 17.8. The third-order valence-electron chi connectivity index (χ3n) is 4.00. The number of hydrogen-bond donors (Lipinski definition) is 2. The molecule has 0 fully saturated rings. The van der Waals surface area contributed by atoms with Crippen molar-refractivity contribution in [3.05, 3.63) is 27.8 Å². The van der Waals surface area contributed by atoms with E-state index in [2.05, 4.69) is 15.8 Å². The van der Waals surface area contributed by atoms with Gasteiger partial charge in [0.05, 0.1) is 12.2 Å². The molecule has 0 saturated heterocycles. The molecular weight excluding hydrogens is 358 g/mol. The van der Waals surface area contributed by atoms with Crippen LogP contribution in [0.4, 0.5) is 10.8 Å². The maximum atomic E-state index is 12.5. The Hall–Kier alpha value is -1.93. The van der Waals surface area contributed by atoms with Gasteiger partial charge >= 0.3 is 5.97 Å². The number of ether oxygens (including phenoxy) is 1. The van der Waals surface area contributed by atoms with Gasteiger partial charge in [-0.25, -0.2) is 4.79 Å². The second kappa shape index (κ2) is 7.97. The first-order valence-electron chi connectivity index (χ1n) is 8.41. The largest absolute Gasteiger partial charge is 0.462 e. The fourth-order valence-corrected chi connectivity index (χ4v) is 4.48. The lowest BCUT2D eigenvalue weighted by molar-refractivity contribution is 0.0527. The van der Waals surface area contributed by atoms with Gasteiger partial charge in [-0.3, -0.25) is 0 Å². The fraction of sp³-hybridized carbons (Fsp3) is 0.471. The molecule has 6 nitrogen and oxygen atoms in total. The van der Waals surface area contributed by atoms with Crippen LogP contribution in [0.5, 0.6) is 0 Å². The molecule has 2 aromatic heterocycles. The summed E-state index contributed by atoms with van der Waals surface area (Å²) in [6, 6.07) is 1.75. The Morgan fingerprint density at radius 1 is 1.36 bits per heavy atom. The number of nitrogens with zero attached hydrogens (tertiary/aromatic N) is 1. The molecule has 1 aliphatic rings. The van der Waals surface area contributed by atoms with E-state index in [9.17, 15) is 4.79 Å². The second-order valence-corrected chi connectivity index (χ2v) is 7.40. The highest BCUT2D eigenvalue weighted by Gasteiger charge is 2.26. The lowest BCUT2D eigenvalue weighted by Gasteiger charge is -2.10. The maximum absolute atomic E-state index is 12.5. The summed E-state index contributed by atoms with van der Waals surface area (Å²) in [7, 11) is 0. The van der Waals surface area contributed by atoms with Crippen molar-refractivity contribution in [1.82, 2.24) is 5.16 Å². The second-order valence-electron chi connectivity index (χ2n) is 5.89. The number of esters is 1. The number of hydrogen-bond acceptors (Lipinski definition) is 6. The Morgan fingerprint density at radius 2 is 2.16 bits per heavy atom. The number of rotatable bonds is 4. The van der Waals surface area contributed by atoms with Gasteiger partial charge in [0.25, 0.3) is 0 Å². The van der Waals surface area contributed by atoms with Crippen LogP contribution in [0.1, 0.15) is 52.7 Å². The quantitative estimate of drug-likeness (QED) is 0.466. The molecule has 3 rings (SSSR count). The Morgan fingerprint density at radius 3 is 2.88 bits per heavy atom. The first kappa shape index (κ1) is 17.9. The maximum Gasteiger partial charge on any atom is 0.341 e. The number of anilines is 2. The zero-order valence-corrected chi connectivity index (χ0v) is 15.9. The number of fused-ring (bicyclic) bond motifs is 1. The minimum Gasteiger partial charge on any atom is -0.462 e. The average Bonchev–Trinajstić information content (AvgIpc) is 3.03. The number of thiocarbonyl (C=S) groups is 1. The van der Waals surface area contributed by atoms with Crippen molar-refractivity contribution in [1.29, 1.82) is 0 Å². The molecule has 0 saturated carbocycles. The van der Waals surface area contributed by atoms with E-state index in [1.54, 1.807) is 17.4 Å². The van der Waals surface area contributed by atoms with Gasteiger partial charge in [-0.1, -0.05) is 11.6 Å². The number of thiophene rings is 1. The number of nitrogens with one attached hydrogen (secondary N) is 2. The van der Waals surface area contributed by atoms with Crippen molar-refractivity contribution in [2.24, 2.45) is 0 Å². The third kappa shape index (κ3) is 4.19. The highest BCUT2D eigenvalue weighted by Crippen LogP contribution is 2.38. The summed E-state index contributed by atoms with van der Waals surface area (Å²) in [4.78, 5) is 13.8. The van der Waals surface area contributed by atoms with Crippen molar-refractivity contribution in [2.75, 3.05) is 17.2 Å². The van der Waals surface area contributed by atoms with Crippen LogP contribution in [0, 0.1) is 6.92 Å². The first-order valence-corrected chi connectivity index (χ1v) is 9.64. The molecule has 2 N–H and O–H groups in total. The minimum atomic E-state index is -0.288. The van der Waals surface area contributed by atoms with E-state index in [0.29, 0.717) is 28.9 Å². The molecule has 0 aromatic carbocycles. The molecule has 8 heteroatoms. The smallest absolute Gasteiger partial charge is 0.341 e. The molecule has 2 heterocycles. The van der Waals surface area contributed by atoms with Gasteiger partial charge in [-0.2, -0.15) is 0 Å². The van der Waals surface area contributed by atoms with Gasteiger partial charge in [-0.05, 0) is 57.3 Å². The molecule has 2 aromatic rings. The number of carbonyl (C=O) groups excluding carboxylic acids is 1. The van der Waals surface area contributed by atoms with E-state index in [1.807, 2.05) is 13.8 Å². The van der Waals surface area contributed by atoms with Crippen molar-refractivity contribution < 1.29 is 14.1 Å². The molecule has 0 unspecified atom stereocenters. The number of carbonyl (C=O) groups is 1. The van der Waals surface area contributed by atoms with Gasteiger partial charge in [-0.15, -0.1) is 11.3 Å². The lowest BCUT2D eigenvalue weighted by atomic mass is 10.1. The summed E-state index contributed by atoms with van der Waals surface area (Å²) in [5.41, 5.74) is 1.74. The minimum absolute atomic E-state index is 0.288. The van der Waals surface area contributed by atoms with E-state index in [0.717, 1.165) is 36.2 Å². The molecule has 0 aliphatic heterocycles. The normalized spacial score (nSPS) is 13.7. The summed E-state index contributed by atoms with van der Waals surface area (Å²) in [5, 5.41) is 11.1. The van der Waals surface area contributed by atoms with Gasteiger partial charge < -0.3 is 19.9 Å². The van der Waals surface area contributed by atoms with E-state index >= 15 is 0 Å². The van der Waals surface area contributed by atoms with Gasteiger partial charge in [0, 0.05) is 10.9 Å². The molecule has 1 aliphatic carbocycles. The Kier molecular flexibility index (Phi) is 5.70. The van der Waals surface area contributed by atoms with Crippen LogP contribution < -0.4 is 10.6 Å². The lowest BCUT2D eigenvalue weighted by Crippen LogP contribution is -2.20. The average molecular weight is 380 g/mol. The fourth-order valence-electron chi connectivity index (χ4n) is 2.93. The molecule has 0 spiro atoms. The molecule has 0 atom stereocenters. The molecular formula is C17H21N3O3S2. The van der Waals surface area contributed by atoms with Gasteiger partial charge in [0.2, 0.25) is 0 Å². The standard InChI is InChI=1S/C17H21N3O3S2/c1-3-22-16(21)14-11-7-5-4-6-8-12(11)25-15(14)19-17(24)18-13-9-10(2)23-20-13/h9H,3-8H2,1-2H3,(H2,18,19,20,24). The van der Waals surface area contributed by atoms with E-state index in [1.165, 1.54) is 11.3 Å². The molecule has 0 radical (unpaired) electrons. The summed E-state index contributed by atoms with van der Waals surface area (Å²) < 4.78 is 10.3. The van der Waals surface area contributed by atoms with E-state index in [-0.39, 0.29) is 5.97 Å². The predicted octanol–water partition coefficient (Wildman–Crippen LogP) is 4.30. The molecule has 0 amide bonds. The molecule has 25 heavy (non-hydrogen) atoms. The van der Waals surface area contributed by atoms with Crippen molar-refractivity contribution in [2.45, 2.75) is 46.0 Å². The van der Waals surface area contributed by atoms with E-state index in [4.69, 9.17) is 21.5 Å². The summed E-state index contributed by atoms with van der Waals surface area (Å²) >= 11 is 6.95. The Bertz CT molecular complexity index is 782. The zero-order valence-electron chi connectivity index (χ0n) is 14.3. The van der Waals surface area contributed by atoms with E-state index < -0.39 is 0 Å². The van der Waals surface area contributed by atoms with Crippen molar-refractivity contribution >= 4 is 45.5 Å². The number of aryl methyl sites for hydroxylation is 2. The topological polar surface area (TPSA) is 76.4 Å². The van der Waals surface area contributed by atoms with Crippen LogP contribution in [0.25, 0.3) is 0 Å². The molecule has 134 valence electrons. The third-order valence-corrected chi connectivity index (χ3v) is 5.41. The van der Waals surface area contributed by atoms with Crippen LogP contribution in [0.2, 0.25) is 0 Å². The van der Waals surface area contributed by atoms with Crippen LogP contribution in [0.15, 0.2) is 10.6 Å². The van der Waals surface area contributed by atoms with Crippen LogP contribution in [-0.2, 0) is 17.6 Å². The summed E-state index contributed by atoms with van der Waals surface area (Å²) in [5.74, 6) is 0.940. The van der Waals surface area contributed by atoms with Gasteiger partial charge in [0.15, 0.2) is 10.9 Å². The van der Waals surface area contributed by atoms with Crippen LogP contribution in [-0.4, -0.2) is 22.8 Å². The predicted molar refractivity (Wildman–Crippen MR) is 103 cm³/mol. The monoisotopic (exact) mass is 379 g/mol.